The SMILES string of the molecule is C/C(=C\c1ccccc1)CN1CCCC(n2cc(C(=O)NCCCO)nn2)C1. The van der Waals surface area contributed by atoms with Crippen LogP contribution in [0.1, 0.15) is 48.3 Å². The molecular weight excluding hydrogens is 354 g/mol. The Morgan fingerprint density at radius 1 is 1.36 bits per heavy atom. The lowest BCUT2D eigenvalue weighted by atomic mass is 10.0. The number of carbonyl (C=O) groups is 1. The molecule has 0 bridgehead atoms. The molecule has 1 aromatic heterocycles. The van der Waals surface area contributed by atoms with E-state index in [9.17, 15) is 4.79 Å². The maximum absolute atomic E-state index is 12.1. The lowest BCUT2D eigenvalue weighted by Gasteiger charge is -2.32. The van der Waals surface area contributed by atoms with Gasteiger partial charge in [-0.1, -0.05) is 47.2 Å². The average molecular weight is 383 g/mol. The van der Waals surface area contributed by atoms with Gasteiger partial charge < -0.3 is 10.4 Å². The van der Waals surface area contributed by atoms with Crippen molar-refractivity contribution in [3.8, 4) is 0 Å². The Balaban J connectivity index is 1.56. The van der Waals surface area contributed by atoms with Crippen molar-refractivity contribution in [3.63, 3.8) is 0 Å². The van der Waals surface area contributed by atoms with Gasteiger partial charge in [0.2, 0.25) is 0 Å². The monoisotopic (exact) mass is 383 g/mol. The van der Waals surface area contributed by atoms with E-state index in [1.807, 2.05) is 10.7 Å². The molecular formula is C21H29N5O2. The van der Waals surface area contributed by atoms with Gasteiger partial charge in [0.25, 0.3) is 5.91 Å². The zero-order chi connectivity index (χ0) is 19.8. The maximum atomic E-state index is 12.1. The maximum Gasteiger partial charge on any atom is 0.273 e. The van der Waals surface area contributed by atoms with E-state index in [2.05, 4.69) is 57.8 Å². The van der Waals surface area contributed by atoms with Crippen LogP contribution in [0.4, 0.5) is 0 Å². The van der Waals surface area contributed by atoms with Gasteiger partial charge >= 0.3 is 0 Å². The number of benzene rings is 1. The molecule has 2 aromatic rings. The van der Waals surface area contributed by atoms with Crippen molar-refractivity contribution in [1.82, 2.24) is 25.2 Å². The van der Waals surface area contributed by atoms with Crippen molar-refractivity contribution in [2.24, 2.45) is 0 Å². The van der Waals surface area contributed by atoms with Gasteiger partial charge in [0, 0.05) is 26.2 Å². The number of aromatic nitrogens is 3. The van der Waals surface area contributed by atoms with Gasteiger partial charge in [-0.05, 0) is 38.3 Å². The van der Waals surface area contributed by atoms with Crippen LogP contribution in [-0.2, 0) is 0 Å². The Labute approximate surface area is 166 Å². The van der Waals surface area contributed by atoms with E-state index in [4.69, 9.17) is 5.11 Å². The van der Waals surface area contributed by atoms with Crippen LogP contribution < -0.4 is 5.32 Å². The Morgan fingerprint density at radius 3 is 2.96 bits per heavy atom. The Bertz CT molecular complexity index is 787. The third kappa shape index (κ3) is 5.74. The number of amides is 1. The van der Waals surface area contributed by atoms with E-state index in [0.717, 1.165) is 32.5 Å². The fourth-order valence-corrected chi connectivity index (χ4v) is 3.55. The number of piperidine rings is 1. The van der Waals surface area contributed by atoms with Crippen LogP contribution in [0.25, 0.3) is 6.08 Å². The zero-order valence-corrected chi connectivity index (χ0v) is 16.4. The molecule has 0 saturated carbocycles. The van der Waals surface area contributed by atoms with Gasteiger partial charge in [-0.15, -0.1) is 5.10 Å². The van der Waals surface area contributed by atoms with Gasteiger partial charge in [0.15, 0.2) is 5.69 Å². The topological polar surface area (TPSA) is 83.3 Å². The predicted octanol–water partition coefficient (Wildman–Crippen LogP) is 2.13. The quantitative estimate of drug-likeness (QED) is 0.683. The van der Waals surface area contributed by atoms with Crippen LogP contribution >= 0.6 is 0 Å². The Morgan fingerprint density at radius 2 is 2.18 bits per heavy atom. The van der Waals surface area contributed by atoms with Gasteiger partial charge in [-0.2, -0.15) is 0 Å². The van der Waals surface area contributed by atoms with Crippen LogP contribution in [0.5, 0.6) is 0 Å². The standard InChI is InChI=1S/C21H29N5O2/c1-17(13-18-7-3-2-4-8-18)14-25-11-5-9-19(15-25)26-16-20(23-24-26)21(28)22-10-6-12-27/h2-4,7-8,13,16,19,27H,5-6,9-12,14-15H2,1H3,(H,22,28)/b17-13+. The highest BCUT2D eigenvalue weighted by atomic mass is 16.3. The second-order valence-corrected chi connectivity index (χ2v) is 7.35. The third-order valence-corrected chi connectivity index (χ3v) is 4.90. The lowest BCUT2D eigenvalue weighted by Crippen LogP contribution is -2.37. The summed E-state index contributed by atoms with van der Waals surface area (Å²) in [6.45, 7) is 5.56. The number of aliphatic hydroxyl groups is 1. The molecule has 2 N–H and O–H groups in total. The third-order valence-electron chi connectivity index (χ3n) is 4.90. The van der Waals surface area contributed by atoms with Crippen LogP contribution in [0.2, 0.25) is 0 Å². The van der Waals surface area contributed by atoms with Crippen molar-refractivity contribution in [1.29, 1.82) is 0 Å². The van der Waals surface area contributed by atoms with Crippen molar-refractivity contribution in [2.45, 2.75) is 32.2 Å². The normalized spacial score (nSPS) is 18.2. The van der Waals surface area contributed by atoms with Gasteiger partial charge in [-0.3, -0.25) is 9.69 Å². The van der Waals surface area contributed by atoms with Crippen LogP contribution in [0.3, 0.4) is 0 Å². The number of nitrogens with zero attached hydrogens (tertiary/aromatic N) is 4. The number of nitrogens with one attached hydrogen (secondary N) is 1. The molecule has 1 aliphatic rings. The molecule has 7 nitrogen and oxygen atoms in total. The first kappa shape index (κ1) is 20.2. The molecule has 1 amide bonds. The molecule has 1 saturated heterocycles. The summed E-state index contributed by atoms with van der Waals surface area (Å²) in [5.74, 6) is -0.242. The summed E-state index contributed by atoms with van der Waals surface area (Å²) in [7, 11) is 0. The Hall–Kier alpha value is -2.51. The first-order valence-electron chi connectivity index (χ1n) is 9.91. The first-order chi connectivity index (χ1) is 13.7. The highest BCUT2D eigenvalue weighted by Crippen LogP contribution is 2.22. The minimum Gasteiger partial charge on any atom is -0.396 e. The van der Waals surface area contributed by atoms with Gasteiger partial charge in [0.1, 0.15) is 0 Å². The smallest absolute Gasteiger partial charge is 0.273 e. The summed E-state index contributed by atoms with van der Waals surface area (Å²) in [4.78, 5) is 14.5. The number of aliphatic hydroxyl groups excluding tert-OH is 1. The van der Waals surface area contributed by atoms with E-state index in [0.29, 0.717) is 18.7 Å². The van der Waals surface area contributed by atoms with E-state index in [1.54, 1.807) is 6.20 Å². The molecule has 1 aliphatic heterocycles. The van der Waals surface area contributed by atoms with E-state index < -0.39 is 0 Å². The van der Waals surface area contributed by atoms with E-state index in [1.165, 1.54) is 11.1 Å². The molecule has 2 heterocycles. The predicted molar refractivity (Wildman–Crippen MR) is 109 cm³/mol. The van der Waals surface area contributed by atoms with Crippen LogP contribution in [0, 0.1) is 0 Å². The summed E-state index contributed by atoms with van der Waals surface area (Å²) in [5, 5.41) is 19.7. The molecule has 0 aliphatic carbocycles. The Kier molecular flexibility index (Phi) is 7.33. The minimum absolute atomic E-state index is 0.0585. The summed E-state index contributed by atoms with van der Waals surface area (Å²) in [6, 6.07) is 10.6. The van der Waals surface area contributed by atoms with Gasteiger partial charge in [0.05, 0.1) is 12.2 Å². The molecule has 0 radical (unpaired) electrons. The fourth-order valence-electron chi connectivity index (χ4n) is 3.55. The highest BCUT2D eigenvalue weighted by molar-refractivity contribution is 5.91. The number of rotatable bonds is 8. The summed E-state index contributed by atoms with van der Waals surface area (Å²) in [6.07, 6.45) is 6.63. The van der Waals surface area contributed by atoms with Crippen LogP contribution in [0.15, 0.2) is 42.1 Å². The van der Waals surface area contributed by atoms with Crippen molar-refractivity contribution >= 4 is 12.0 Å². The number of hydrogen-bond donors (Lipinski definition) is 2. The minimum atomic E-state index is -0.242. The molecule has 1 atom stereocenters. The van der Waals surface area contributed by atoms with Crippen molar-refractivity contribution in [2.75, 3.05) is 32.8 Å². The average Bonchev–Trinajstić information content (AvgIpc) is 3.19. The number of likely N-dealkylation sites (tertiary alicyclic amines) is 1. The second kappa shape index (κ2) is 10.1. The number of hydrogen-bond acceptors (Lipinski definition) is 5. The molecule has 1 aromatic carbocycles. The van der Waals surface area contributed by atoms with Crippen molar-refractivity contribution in [3.05, 3.63) is 53.4 Å². The molecule has 28 heavy (non-hydrogen) atoms. The van der Waals surface area contributed by atoms with E-state index in [-0.39, 0.29) is 18.6 Å². The fraction of sp³-hybridized carbons (Fsp3) is 0.476. The highest BCUT2D eigenvalue weighted by Gasteiger charge is 2.23. The molecule has 0 spiro atoms. The molecule has 1 unspecified atom stereocenters. The second-order valence-electron chi connectivity index (χ2n) is 7.35. The first-order valence-corrected chi connectivity index (χ1v) is 9.91. The zero-order valence-electron chi connectivity index (χ0n) is 16.4. The van der Waals surface area contributed by atoms with Crippen molar-refractivity contribution < 1.29 is 9.90 Å². The van der Waals surface area contributed by atoms with Gasteiger partial charge in [-0.25, -0.2) is 4.68 Å². The summed E-state index contributed by atoms with van der Waals surface area (Å²) >= 11 is 0. The molecule has 3 rings (SSSR count). The molecule has 150 valence electrons. The number of carbonyl (C=O) groups excluding carboxylic acids is 1. The summed E-state index contributed by atoms with van der Waals surface area (Å²) < 4.78 is 1.82. The van der Waals surface area contributed by atoms with Crippen LogP contribution in [-0.4, -0.2) is 63.7 Å². The van der Waals surface area contributed by atoms with E-state index >= 15 is 0 Å². The summed E-state index contributed by atoms with van der Waals surface area (Å²) in [5.41, 5.74) is 2.88. The molecule has 7 heteroatoms. The lowest BCUT2D eigenvalue weighted by molar-refractivity contribution is 0.0946. The molecule has 1 fully saturated rings. The largest absolute Gasteiger partial charge is 0.396 e.